The maximum absolute atomic E-state index is 13.3. The number of aliphatic hydroxyl groups is 5. The molecule has 208 valence electrons. The number of amides is 1. The monoisotopic (exact) mass is 558 g/mol. The average Bonchev–Trinajstić information content (AvgIpc) is 2.75. The van der Waals surface area contributed by atoms with Crippen LogP contribution in [0.2, 0.25) is 0 Å². The normalized spacial score (nSPS) is 32.8. The van der Waals surface area contributed by atoms with Gasteiger partial charge in [-0.15, -0.1) is 0 Å². The third kappa shape index (κ3) is 4.15. The van der Waals surface area contributed by atoms with Crippen molar-refractivity contribution < 1.29 is 62.5 Å². The SMILES string of the molecule is CN(C)[C@@H]1C(O)=C(C(N)=O)C(=O)[C@@]2(O)C(O)=C3C(=O)c4c(O)cccc4[C@@](C)(O)[C@H]3[C@H](O)[C@@H]12.O=S(=O)(O)O. The summed E-state index contributed by atoms with van der Waals surface area (Å²) in [4.78, 5) is 39.8. The number of rotatable bonds is 2. The number of phenols is 1. The largest absolute Gasteiger partial charge is 0.510 e. The molecule has 10 N–H and O–H groups in total. The lowest BCUT2D eigenvalue weighted by molar-refractivity contribution is -0.173. The molecule has 16 heteroatoms. The standard InChI is InChI=1S/C22H24N2O9.H2O4S/c1-21(32)7-5-4-6-8(25)9(7)15(26)10-12(21)17(28)13-14(24(2)3)16(27)11(20(23)31)19(30)22(13,33)18(10)29;1-5(2,3)4/h4-6,12-14,17,25,27-29,32-33H,1-3H3,(H2,23,31);(H2,1,2,3,4)/t12-,13-,14+,17+,21-,22+;/m1./s1. The maximum Gasteiger partial charge on any atom is 0.394 e. The van der Waals surface area contributed by atoms with E-state index < -0.39 is 91.5 Å². The van der Waals surface area contributed by atoms with Crippen LogP contribution >= 0.6 is 0 Å². The molecule has 0 saturated carbocycles. The van der Waals surface area contributed by atoms with E-state index in [9.17, 15) is 45.0 Å². The quantitative estimate of drug-likeness (QED) is 0.142. The first kappa shape index (κ1) is 29.2. The van der Waals surface area contributed by atoms with Gasteiger partial charge in [-0.3, -0.25) is 28.4 Å². The number of aromatic hydroxyl groups is 1. The summed E-state index contributed by atoms with van der Waals surface area (Å²) in [5, 5.41) is 66.5. The minimum absolute atomic E-state index is 0.0281. The molecule has 3 aliphatic rings. The number of primary amides is 1. The number of carbonyl (C=O) groups excluding carboxylic acids is 3. The Balaban J connectivity index is 0.000000732. The van der Waals surface area contributed by atoms with Crippen molar-refractivity contribution in [1.82, 2.24) is 4.90 Å². The molecule has 0 heterocycles. The minimum atomic E-state index is -4.67. The summed E-state index contributed by atoms with van der Waals surface area (Å²) in [6, 6.07) is 2.54. The minimum Gasteiger partial charge on any atom is -0.510 e. The Hall–Kier alpha value is -3.38. The van der Waals surface area contributed by atoms with Crippen LogP contribution in [0.4, 0.5) is 0 Å². The van der Waals surface area contributed by atoms with Crippen LogP contribution in [0.15, 0.2) is 40.9 Å². The van der Waals surface area contributed by atoms with Gasteiger partial charge in [0.15, 0.2) is 11.4 Å². The molecule has 0 bridgehead atoms. The first-order valence-corrected chi connectivity index (χ1v) is 12.2. The maximum atomic E-state index is 13.3. The number of hydrogen-bond acceptors (Lipinski definition) is 12. The van der Waals surface area contributed by atoms with Crippen molar-refractivity contribution in [3.05, 3.63) is 52.0 Å². The number of aliphatic hydroxyl groups excluding tert-OH is 3. The topological polar surface area (TPSA) is 276 Å². The van der Waals surface area contributed by atoms with Crippen LogP contribution in [0.1, 0.15) is 22.8 Å². The summed E-state index contributed by atoms with van der Waals surface area (Å²) in [5.41, 5.74) is -1.88. The van der Waals surface area contributed by atoms with Crippen LogP contribution < -0.4 is 5.73 Å². The number of nitrogens with two attached hydrogens (primary N) is 1. The zero-order valence-electron chi connectivity index (χ0n) is 20.1. The van der Waals surface area contributed by atoms with Crippen LogP contribution in [0.25, 0.3) is 0 Å². The van der Waals surface area contributed by atoms with Crippen molar-refractivity contribution >= 4 is 27.9 Å². The van der Waals surface area contributed by atoms with Gasteiger partial charge in [-0.05, 0) is 32.6 Å². The van der Waals surface area contributed by atoms with Crippen LogP contribution in [-0.4, -0.2) is 102 Å². The zero-order chi connectivity index (χ0) is 29.3. The van der Waals surface area contributed by atoms with Gasteiger partial charge in [-0.25, -0.2) is 0 Å². The van der Waals surface area contributed by atoms with Crippen molar-refractivity contribution in [2.45, 2.75) is 30.3 Å². The van der Waals surface area contributed by atoms with Crippen molar-refractivity contribution in [2.24, 2.45) is 17.6 Å². The number of Topliss-reactive ketones (excluding diaryl/α,β-unsaturated/α-hetero) is 2. The zero-order valence-corrected chi connectivity index (χ0v) is 20.9. The predicted molar refractivity (Wildman–Crippen MR) is 125 cm³/mol. The third-order valence-electron chi connectivity index (χ3n) is 7.04. The highest BCUT2D eigenvalue weighted by Crippen LogP contribution is 2.56. The molecule has 1 aromatic rings. The number of ketones is 2. The van der Waals surface area contributed by atoms with Gasteiger partial charge in [0.05, 0.1) is 40.7 Å². The molecule has 1 aromatic carbocycles. The number of benzene rings is 1. The first-order valence-electron chi connectivity index (χ1n) is 10.8. The van der Waals surface area contributed by atoms with E-state index in [1.807, 2.05) is 0 Å². The molecule has 0 spiro atoms. The van der Waals surface area contributed by atoms with Gasteiger partial charge >= 0.3 is 10.4 Å². The van der Waals surface area contributed by atoms with Crippen LogP contribution in [0.5, 0.6) is 5.75 Å². The second kappa shape index (κ2) is 9.12. The molecule has 1 amide bonds. The van der Waals surface area contributed by atoms with Crippen molar-refractivity contribution in [2.75, 3.05) is 14.1 Å². The fraction of sp³-hybridized carbons (Fsp3) is 0.409. The fourth-order valence-electron chi connectivity index (χ4n) is 5.60. The van der Waals surface area contributed by atoms with E-state index in [1.165, 1.54) is 44.1 Å². The molecule has 4 rings (SSSR count). The summed E-state index contributed by atoms with van der Waals surface area (Å²) in [6.45, 7) is 1.25. The molecule has 38 heavy (non-hydrogen) atoms. The number of carbonyl (C=O) groups is 3. The number of fused-ring (bicyclic) bond motifs is 3. The second-order valence-corrected chi connectivity index (χ2v) is 10.4. The van der Waals surface area contributed by atoms with Crippen molar-refractivity contribution in [3.63, 3.8) is 0 Å². The molecule has 0 radical (unpaired) electrons. The molecule has 0 aliphatic heterocycles. The summed E-state index contributed by atoms with van der Waals surface area (Å²) in [5.74, 6) is -9.66. The summed E-state index contributed by atoms with van der Waals surface area (Å²) >= 11 is 0. The molecule has 15 nitrogen and oxygen atoms in total. The number of likely N-dealkylation sites (N-methyl/N-ethyl adjacent to an activating group) is 1. The van der Waals surface area contributed by atoms with Crippen LogP contribution in [0, 0.1) is 11.8 Å². The van der Waals surface area contributed by atoms with Gasteiger partial charge in [0, 0.05) is 0 Å². The Bertz CT molecular complexity index is 1400. The first-order chi connectivity index (χ1) is 17.2. The smallest absolute Gasteiger partial charge is 0.394 e. The van der Waals surface area contributed by atoms with E-state index >= 15 is 0 Å². The highest BCUT2D eigenvalue weighted by molar-refractivity contribution is 7.79. The van der Waals surface area contributed by atoms with Gasteiger partial charge in [0.1, 0.15) is 22.8 Å². The molecule has 0 aromatic heterocycles. The number of nitrogens with zero attached hydrogens (tertiary/aromatic N) is 1. The van der Waals surface area contributed by atoms with Gasteiger partial charge in [-0.2, -0.15) is 8.42 Å². The lowest BCUT2D eigenvalue weighted by Crippen LogP contribution is -2.70. The van der Waals surface area contributed by atoms with Gasteiger partial charge in [-0.1, -0.05) is 12.1 Å². The number of phenolic OH excluding ortho intramolecular Hbond substituents is 1. The second-order valence-electron chi connectivity index (χ2n) is 9.51. The van der Waals surface area contributed by atoms with Crippen LogP contribution in [-0.2, 0) is 25.6 Å². The Morgan fingerprint density at radius 3 is 2.08 bits per heavy atom. The van der Waals surface area contributed by atoms with Crippen LogP contribution in [0.3, 0.4) is 0 Å². The lowest BCUT2D eigenvalue weighted by Gasteiger charge is -2.55. The molecule has 6 atom stereocenters. The molecule has 0 saturated heterocycles. The van der Waals surface area contributed by atoms with Gasteiger partial charge in [0.2, 0.25) is 5.78 Å². The molecule has 0 unspecified atom stereocenters. The molecule has 3 aliphatic carbocycles. The molecular weight excluding hydrogens is 532 g/mol. The van der Waals surface area contributed by atoms with Crippen molar-refractivity contribution in [1.29, 1.82) is 0 Å². The van der Waals surface area contributed by atoms with E-state index in [1.54, 1.807) is 0 Å². The Morgan fingerprint density at radius 1 is 1.08 bits per heavy atom. The van der Waals surface area contributed by atoms with E-state index in [-0.39, 0.29) is 11.1 Å². The Morgan fingerprint density at radius 2 is 1.61 bits per heavy atom. The van der Waals surface area contributed by atoms with Gasteiger partial charge < -0.3 is 36.4 Å². The lowest BCUT2D eigenvalue weighted by atomic mass is 9.54. The third-order valence-corrected chi connectivity index (χ3v) is 7.04. The predicted octanol–water partition coefficient (Wildman–Crippen LogP) is -1.90. The Kier molecular flexibility index (Phi) is 7.01. The average molecular weight is 559 g/mol. The van der Waals surface area contributed by atoms with E-state index in [4.69, 9.17) is 23.3 Å². The van der Waals surface area contributed by atoms with E-state index in [2.05, 4.69) is 0 Å². The fourth-order valence-corrected chi connectivity index (χ4v) is 5.60. The Labute approximate surface area is 215 Å². The summed E-state index contributed by atoms with van der Waals surface area (Å²) < 4.78 is 31.6. The van der Waals surface area contributed by atoms with E-state index in [0.717, 1.165) is 0 Å². The van der Waals surface area contributed by atoms with Crippen molar-refractivity contribution in [3.8, 4) is 5.75 Å². The highest BCUT2D eigenvalue weighted by atomic mass is 32.3. The highest BCUT2D eigenvalue weighted by Gasteiger charge is 2.69. The van der Waals surface area contributed by atoms with E-state index in [0.29, 0.717) is 0 Å². The summed E-state index contributed by atoms with van der Waals surface area (Å²) in [6.07, 6.45) is -1.87. The summed E-state index contributed by atoms with van der Waals surface area (Å²) in [7, 11) is -1.81. The van der Waals surface area contributed by atoms with Gasteiger partial charge in [0.25, 0.3) is 5.91 Å². The molecule has 0 fully saturated rings. The molecular formula is C22H26N2O13S. The number of hydrogen-bond donors (Lipinski definition) is 9.